The van der Waals surface area contributed by atoms with Gasteiger partial charge in [0, 0.05) is 43.5 Å². The normalized spacial score (nSPS) is 19.1. The molecule has 1 saturated carbocycles. The number of aryl methyl sites for hydroxylation is 1. The van der Waals surface area contributed by atoms with E-state index in [0.29, 0.717) is 25.1 Å². The molecular formula is C18H23F3N6O3. The fraction of sp³-hybridized carbons (Fsp3) is 0.556. The zero-order valence-electron chi connectivity index (χ0n) is 16.3. The Morgan fingerprint density at radius 2 is 2.17 bits per heavy atom. The molecule has 12 heteroatoms. The Morgan fingerprint density at radius 1 is 1.40 bits per heavy atom. The highest BCUT2D eigenvalue weighted by Gasteiger charge is 2.36. The minimum Gasteiger partial charge on any atom is -0.465 e. The van der Waals surface area contributed by atoms with Gasteiger partial charge >= 0.3 is 12.3 Å². The fourth-order valence-corrected chi connectivity index (χ4v) is 3.75. The second-order valence-corrected chi connectivity index (χ2v) is 7.46. The van der Waals surface area contributed by atoms with E-state index in [2.05, 4.69) is 20.6 Å². The van der Waals surface area contributed by atoms with Gasteiger partial charge in [0.1, 0.15) is 0 Å². The summed E-state index contributed by atoms with van der Waals surface area (Å²) in [7, 11) is 1.75. The first-order valence-corrected chi connectivity index (χ1v) is 9.49. The number of carbonyl (C=O) groups excluding carboxylic acids is 1. The van der Waals surface area contributed by atoms with Crippen LogP contribution in [0.1, 0.15) is 42.9 Å². The number of H-pyrrole nitrogens is 1. The van der Waals surface area contributed by atoms with Crippen LogP contribution in [0.4, 0.5) is 23.8 Å². The molecule has 0 aromatic carbocycles. The van der Waals surface area contributed by atoms with Crippen LogP contribution in [0.15, 0.2) is 18.5 Å². The topological polar surface area (TPSA) is 116 Å². The standard InChI is InChI=1S/C18H23F3N6O3/c1-26-10-11(9-22-26)6-16(28)23-15-8-14(24-25-15)12-2-3-13(7-12)27(17(29)30)5-4-18(19,20)21/h8-10,12-13H,2-7H2,1H3,(H,29,30)(H2,23,24,25,28)/t12-,13+/m0/s1. The Labute approximate surface area is 170 Å². The second kappa shape index (κ2) is 8.76. The minimum atomic E-state index is -4.40. The number of nitrogens with zero attached hydrogens (tertiary/aromatic N) is 4. The largest absolute Gasteiger partial charge is 0.465 e. The smallest absolute Gasteiger partial charge is 0.407 e. The van der Waals surface area contributed by atoms with Crippen molar-refractivity contribution in [1.82, 2.24) is 24.9 Å². The van der Waals surface area contributed by atoms with Crippen molar-refractivity contribution in [3.8, 4) is 0 Å². The van der Waals surface area contributed by atoms with Crippen molar-refractivity contribution in [3.63, 3.8) is 0 Å². The van der Waals surface area contributed by atoms with Gasteiger partial charge in [-0.3, -0.25) is 14.6 Å². The van der Waals surface area contributed by atoms with Crippen molar-refractivity contribution in [3.05, 3.63) is 29.7 Å². The van der Waals surface area contributed by atoms with Gasteiger partial charge in [-0.05, 0) is 24.8 Å². The third-order valence-corrected chi connectivity index (χ3v) is 5.16. The summed E-state index contributed by atoms with van der Waals surface area (Å²) in [6, 6.07) is 1.19. The summed E-state index contributed by atoms with van der Waals surface area (Å²) in [6.45, 7) is -0.575. The van der Waals surface area contributed by atoms with Crippen LogP contribution in [0, 0.1) is 0 Å². The summed E-state index contributed by atoms with van der Waals surface area (Å²) in [5.41, 5.74) is 1.48. The molecule has 0 aliphatic heterocycles. The Bertz CT molecular complexity index is 894. The monoisotopic (exact) mass is 428 g/mol. The van der Waals surface area contributed by atoms with Gasteiger partial charge in [-0.15, -0.1) is 0 Å². The number of aromatic amines is 1. The van der Waals surface area contributed by atoms with Crippen LogP contribution in [0.25, 0.3) is 0 Å². The Morgan fingerprint density at radius 3 is 2.80 bits per heavy atom. The van der Waals surface area contributed by atoms with Crippen LogP contribution in [0.2, 0.25) is 0 Å². The molecule has 9 nitrogen and oxygen atoms in total. The fourth-order valence-electron chi connectivity index (χ4n) is 3.75. The summed E-state index contributed by atoms with van der Waals surface area (Å²) in [5, 5.41) is 22.9. The predicted octanol–water partition coefficient (Wildman–Crippen LogP) is 2.89. The zero-order chi connectivity index (χ0) is 21.9. The number of rotatable bonds is 7. The van der Waals surface area contributed by atoms with E-state index in [-0.39, 0.29) is 18.2 Å². The van der Waals surface area contributed by atoms with E-state index in [9.17, 15) is 27.9 Å². The van der Waals surface area contributed by atoms with Gasteiger partial charge in [0.15, 0.2) is 5.82 Å². The van der Waals surface area contributed by atoms with Crippen molar-refractivity contribution in [1.29, 1.82) is 0 Å². The lowest BCUT2D eigenvalue weighted by atomic mass is 10.0. The average Bonchev–Trinajstić information content (AvgIpc) is 3.35. The number of amides is 2. The molecule has 1 aliphatic rings. The average molecular weight is 428 g/mol. The molecule has 1 fully saturated rings. The first kappa shape index (κ1) is 21.7. The minimum absolute atomic E-state index is 0.0702. The number of halogens is 3. The van der Waals surface area contributed by atoms with Crippen molar-refractivity contribution >= 4 is 17.8 Å². The van der Waals surface area contributed by atoms with Gasteiger partial charge < -0.3 is 15.3 Å². The van der Waals surface area contributed by atoms with E-state index in [1.807, 2.05) is 0 Å². The predicted molar refractivity (Wildman–Crippen MR) is 99.9 cm³/mol. The van der Waals surface area contributed by atoms with Gasteiger partial charge in [0.25, 0.3) is 0 Å². The number of aromatic nitrogens is 4. The highest BCUT2D eigenvalue weighted by Crippen LogP contribution is 2.37. The van der Waals surface area contributed by atoms with Gasteiger partial charge in [0.2, 0.25) is 5.91 Å². The molecule has 1 aliphatic carbocycles. The molecule has 2 amide bonds. The molecule has 3 rings (SSSR count). The maximum atomic E-state index is 12.5. The highest BCUT2D eigenvalue weighted by molar-refractivity contribution is 5.91. The maximum Gasteiger partial charge on any atom is 0.407 e. The lowest BCUT2D eigenvalue weighted by Crippen LogP contribution is -2.40. The summed E-state index contributed by atoms with van der Waals surface area (Å²) in [6.07, 6.45) is -1.96. The molecule has 0 radical (unpaired) electrons. The van der Waals surface area contributed by atoms with Gasteiger partial charge in [0.05, 0.1) is 19.0 Å². The summed E-state index contributed by atoms with van der Waals surface area (Å²) in [5.74, 6) is 0.0169. The van der Waals surface area contributed by atoms with Crippen LogP contribution >= 0.6 is 0 Å². The molecule has 0 unspecified atom stereocenters. The Kier molecular flexibility index (Phi) is 6.32. The van der Waals surface area contributed by atoms with Crippen molar-refractivity contribution in [2.75, 3.05) is 11.9 Å². The number of nitrogens with one attached hydrogen (secondary N) is 2. The third kappa shape index (κ3) is 5.74. The van der Waals surface area contributed by atoms with Gasteiger partial charge in [-0.1, -0.05) is 0 Å². The van der Waals surface area contributed by atoms with Crippen molar-refractivity contribution < 1.29 is 27.9 Å². The Balaban J connectivity index is 1.55. The first-order valence-electron chi connectivity index (χ1n) is 9.49. The van der Waals surface area contributed by atoms with E-state index < -0.39 is 31.3 Å². The van der Waals surface area contributed by atoms with E-state index in [1.165, 1.54) is 0 Å². The summed E-state index contributed by atoms with van der Waals surface area (Å²) in [4.78, 5) is 24.4. The van der Waals surface area contributed by atoms with E-state index in [4.69, 9.17) is 0 Å². The molecule has 0 saturated heterocycles. The van der Waals surface area contributed by atoms with E-state index in [0.717, 1.165) is 16.2 Å². The molecule has 2 aromatic heterocycles. The molecule has 30 heavy (non-hydrogen) atoms. The number of carbonyl (C=O) groups is 2. The van der Waals surface area contributed by atoms with Crippen LogP contribution in [0.3, 0.4) is 0 Å². The lowest BCUT2D eigenvalue weighted by Gasteiger charge is -2.26. The van der Waals surface area contributed by atoms with Crippen LogP contribution < -0.4 is 5.32 Å². The molecule has 2 aromatic rings. The Hall–Kier alpha value is -3.05. The van der Waals surface area contributed by atoms with Gasteiger partial charge in [-0.2, -0.15) is 23.4 Å². The van der Waals surface area contributed by atoms with Crippen molar-refractivity contribution in [2.24, 2.45) is 7.05 Å². The molecule has 0 bridgehead atoms. The molecule has 164 valence electrons. The van der Waals surface area contributed by atoms with E-state index >= 15 is 0 Å². The SMILES string of the molecule is Cn1cc(CC(=O)Nc2cc([C@H]3CC[C@@H](N(CCC(F)(F)F)C(=O)O)C3)[nH]n2)cn1. The number of alkyl halides is 3. The third-order valence-electron chi connectivity index (χ3n) is 5.16. The molecular weight excluding hydrogens is 405 g/mol. The van der Waals surface area contributed by atoms with Gasteiger partial charge in [-0.25, -0.2) is 4.79 Å². The first-order chi connectivity index (χ1) is 14.1. The van der Waals surface area contributed by atoms with Crippen LogP contribution in [-0.2, 0) is 18.3 Å². The molecule has 2 heterocycles. The molecule has 3 N–H and O–H groups in total. The van der Waals surface area contributed by atoms with Crippen LogP contribution in [0.5, 0.6) is 0 Å². The zero-order valence-corrected chi connectivity index (χ0v) is 16.3. The van der Waals surface area contributed by atoms with E-state index in [1.54, 1.807) is 30.2 Å². The highest BCUT2D eigenvalue weighted by atomic mass is 19.4. The second-order valence-electron chi connectivity index (χ2n) is 7.46. The van der Waals surface area contributed by atoms with Crippen LogP contribution in [-0.4, -0.2) is 60.7 Å². The summed E-state index contributed by atoms with van der Waals surface area (Å²) < 4.78 is 39.0. The molecule has 2 atom stereocenters. The summed E-state index contributed by atoms with van der Waals surface area (Å²) >= 11 is 0. The number of anilines is 1. The number of hydrogen-bond donors (Lipinski definition) is 3. The van der Waals surface area contributed by atoms with Crippen molar-refractivity contribution in [2.45, 2.75) is 50.2 Å². The quantitative estimate of drug-likeness (QED) is 0.627. The number of hydrogen-bond acceptors (Lipinski definition) is 4. The molecule has 0 spiro atoms. The lowest BCUT2D eigenvalue weighted by molar-refractivity contribution is -0.137. The number of carboxylic acid groups (broad SMARTS) is 1. The maximum absolute atomic E-state index is 12.5.